The summed E-state index contributed by atoms with van der Waals surface area (Å²) in [6.07, 6.45) is 1.94. The van der Waals surface area contributed by atoms with Crippen LogP contribution in [0.4, 0.5) is 11.4 Å². The van der Waals surface area contributed by atoms with Crippen molar-refractivity contribution in [3.05, 3.63) is 59.7 Å². The Balaban J connectivity index is 1.51. The Kier molecular flexibility index (Phi) is 7.45. The van der Waals surface area contributed by atoms with Crippen molar-refractivity contribution in [3.8, 4) is 0 Å². The summed E-state index contributed by atoms with van der Waals surface area (Å²) < 4.78 is 5.20. The molecule has 2 amide bonds. The van der Waals surface area contributed by atoms with Crippen LogP contribution < -0.4 is 10.2 Å². The summed E-state index contributed by atoms with van der Waals surface area (Å²) in [5.74, 6) is -1.13. The van der Waals surface area contributed by atoms with Crippen molar-refractivity contribution in [2.75, 3.05) is 23.4 Å². The highest BCUT2D eigenvalue weighted by molar-refractivity contribution is 6.00. The lowest BCUT2D eigenvalue weighted by atomic mass is 9.99. The van der Waals surface area contributed by atoms with Crippen LogP contribution in [0.3, 0.4) is 0 Å². The smallest absolute Gasteiger partial charge is 0.311 e. The molecule has 0 unspecified atom stereocenters. The van der Waals surface area contributed by atoms with Gasteiger partial charge in [-0.1, -0.05) is 51.1 Å². The van der Waals surface area contributed by atoms with Gasteiger partial charge in [0.15, 0.2) is 6.61 Å². The molecule has 2 atom stereocenters. The van der Waals surface area contributed by atoms with Crippen LogP contribution in [0.15, 0.2) is 48.5 Å². The van der Waals surface area contributed by atoms with Gasteiger partial charge in [0.1, 0.15) is 0 Å². The zero-order valence-electron chi connectivity index (χ0n) is 18.4. The van der Waals surface area contributed by atoms with E-state index < -0.39 is 17.8 Å². The summed E-state index contributed by atoms with van der Waals surface area (Å²) in [5.41, 5.74) is 3.77. The number of ether oxygens (including phenoxy) is 1. The summed E-state index contributed by atoms with van der Waals surface area (Å²) >= 11 is 0. The molecular weight excluding hydrogens is 392 g/mol. The summed E-state index contributed by atoms with van der Waals surface area (Å²) in [5, 5.41) is 2.74. The van der Waals surface area contributed by atoms with Crippen molar-refractivity contribution in [1.82, 2.24) is 0 Å². The van der Waals surface area contributed by atoms with Crippen molar-refractivity contribution >= 4 is 29.2 Å². The molecule has 1 aliphatic rings. The van der Waals surface area contributed by atoms with E-state index in [0.717, 1.165) is 24.1 Å². The zero-order chi connectivity index (χ0) is 22.4. The third-order valence-electron chi connectivity index (χ3n) is 5.84. The number of carbonyl (C=O) groups is 3. The average Bonchev–Trinajstić information content (AvgIpc) is 3.18. The minimum atomic E-state index is -0.569. The Labute approximate surface area is 183 Å². The second-order valence-electron chi connectivity index (χ2n) is 7.97. The molecule has 31 heavy (non-hydrogen) atoms. The van der Waals surface area contributed by atoms with Crippen molar-refractivity contribution in [2.24, 2.45) is 5.92 Å². The summed E-state index contributed by atoms with van der Waals surface area (Å²) in [4.78, 5) is 38.7. The van der Waals surface area contributed by atoms with E-state index in [9.17, 15) is 14.4 Å². The first-order chi connectivity index (χ1) is 14.9. The molecule has 0 saturated carbocycles. The summed E-state index contributed by atoms with van der Waals surface area (Å²) in [6, 6.07) is 15.4. The number of amides is 2. The third kappa shape index (κ3) is 5.51. The first-order valence-electron chi connectivity index (χ1n) is 10.9. The maximum absolute atomic E-state index is 12.5. The monoisotopic (exact) mass is 422 g/mol. The molecule has 1 N–H and O–H groups in total. The van der Waals surface area contributed by atoms with Crippen LogP contribution in [0.1, 0.15) is 50.7 Å². The van der Waals surface area contributed by atoms with Gasteiger partial charge in [-0.05, 0) is 48.1 Å². The number of esters is 1. The van der Waals surface area contributed by atoms with Gasteiger partial charge >= 0.3 is 5.97 Å². The lowest BCUT2D eigenvalue weighted by Crippen LogP contribution is -2.28. The number of aryl methyl sites for hydroxylation is 1. The van der Waals surface area contributed by atoms with Gasteiger partial charge in [0, 0.05) is 24.3 Å². The minimum absolute atomic E-state index is 0.0928. The fourth-order valence-corrected chi connectivity index (χ4v) is 3.75. The van der Waals surface area contributed by atoms with Crippen LogP contribution in [0, 0.1) is 5.92 Å². The van der Waals surface area contributed by atoms with Crippen LogP contribution in [0.2, 0.25) is 0 Å². The summed E-state index contributed by atoms with van der Waals surface area (Å²) in [7, 11) is 0. The lowest BCUT2D eigenvalue weighted by molar-refractivity contribution is -0.151. The molecule has 0 aromatic heterocycles. The molecule has 0 bridgehead atoms. The second kappa shape index (κ2) is 10.2. The number of hydrogen-bond donors (Lipinski definition) is 1. The third-order valence-corrected chi connectivity index (χ3v) is 5.84. The Morgan fingerprint density at radius 3 is 2.52 bits per heavy atom. The molecule has 0 spiro atoms. The molecule has 1 heterocycles. The van der Waals surface area contributed by atoms with E-state index >= 15 is 0 Å². The molecule has 1 fully saturated rings. The van der Waals surface area contributed by atoms with Crippen molar-refractivity contribution in [2.45, 2.75) is 46.0 Å². The van der Waals surface area contributed by atoms with Crippen LogP contribution in [-0.2, 0) is 25.5 Å². The number of nitrogens with zero attached hydrogens (tertiary/aromatic N) is 1. The molecule has 1 saturated heterocycles. The average molecular weight is 423 g/mol. The summed E-state index contributed by atoms with van der Waals surface area (Å²) in [6.45, 7) is 6.22. The number of benzene rings is 2. The first-order valence-corrected chi connectivity index (χ1v) is 10.9. The van der Waals surface area contributed by atoms with E-state index in [-0.39, 0.29) is 25.5 Å². The van der Waals surface area contributed by atoms with Crippen LogP contribution >= 0.6 is 0 Å². The van der Waals surface area contributed by atoms with E-state index in [1.807, 2.05) is 55.5 Å². The zero-order valence-corrected chi connectivity index (χ0v) is 18.4. The number of para-hydroxylation sites is 1. The van der Waals surface area contributed by atoms with E-state index in [2.05, 4.69) is 19.2 Å². The Hall–Kier alpha value is -3.15. The number of hydrogen-bond acceptors (Lipinski definition) is 4. The molecule has 164 valence electrons. The topological polar surface area (TPSA) is 75.7 Å². The van der Waals surface area contributed by atoms with Crippen LogP contribution in [0.25, 0.3) is 0 Å². The van der Waals surface area contributed by atoms with Gasteiger partial charge in [0.25, 0.3) is 5.91 Å². The highest BCUT2D eigenvalue weighted by Gasteiger charge is 2.37. The molecule has 1 aliphatic heterocycles. The van der Waals surface area contributed by atoms with Gasteiger partial charge in [0.2, 0.25) is 5.91 Å². The largest absolute Gasteiger partial charge is 0.455 e. The van der Waals surface area contributed by atoms with Gasteiger partial charge in [-0.25, -0.2) is 0 Å². The van der Waals surface area contributed by atoms with Crippen LogP contribution in [-0.4, -0.2) is 30.9 Å². The minimum Gasteiger partial charge on any atom is -0.455 e. The highest BCUT2D eigenvalue weighted by Crippen LogP contribution is 2.29. The Morgan fingerprint density at radius 2 is 1.84 bits per heavy atom. The van der Waals surface area contributed by atoms with Crippen molar-refractivity contribution in [1.29, 1.82) is 0 Å². The Bertz CT molecular complexity index is 939. The van der Waals surface area contributed by atoms with Gasteiger partial charge in [-0.15, -0.1) is 0 Å². The number of anilines is 2. The van der Waals surface area contributed by atoms with E-state index in [1.54, 1.807) is 4.90 Å². The fraction of sp³-hybridized carbons (Fsp3) is 0.400. The molecule has 3 rings (SSSR count). The Morgan fingerprint density at radius 1 is 1.13 bits per heavy atom. The normalized spacial score (nSPS) is 16.8. The second-order valence-corrected chi connectivity index (χ2v) is 7.97. The molecule has 2 aromatic rings. The van der Waals surface area contributed by atoms with Gasteiger partial charge in [0.05, 0.1) is 5.92 Å². The number of carbonyl (C=O) groups excluding carboxylic acids is 3. The maximum atomic E-state index is 12.5. The molecule has 6 heteroatoms. The molecule has 2 aromatic carbocycles. The molecule has 6 nitrogen and oxygen atoms in total. The first kappa shape index (κ1) is 22.5. The quantitative estimate of drug-likeness (QED) is 0.644. The highest BCUT2D eigenvalue weighted by atomic mass is 16.5. The van der Waals surface area contributed by atoms with Crippen LogP contribution in [0.5, 0.6) is 0 Å². The SMILES string of the molecule is CCc1ccccc1N1C[C@H](C(=O)OCC(=O)Nc2ccc([C@@H](C)CC)cc2)CC1=O. The predicted octanol–water partition coefficient (Wildman–Crippen LogP) is 4.30. The van der Waals surface area contributed by atoms with Gasteiger partial charge in [-0.2, -0.15) is 0 Å². The lowest BCUT2D eigenvalue weighted by Gasteiger charge is -2.19. The standard InChI is InChI=1S/C25H30N2O4/c1-4-17(3)19-10-12-21(13-11-19)26-23(28)16-31-25(30)20-14-24(29)27(15-20)22-9-7-6-8-18(22)5-2/h6-13,17,20H,4-5,14-16H2,1-3H3,(H,26,28)/t17-,20+/m0/s1. The van der Waals surface area contributed by atoms with Crippen molar-refractivity contribution < 1.29 is 19.1 Å². The van der Waals surface area contributed by atoms with E-state index in [0.29, 0.717) is 11.6 Å². The van der Waals surface area contributed by atoms with E-state index in [1.165, 1.54) is 5.56 Å². The maximum Gasteiger partial charge on any atom is 0.311 e. The molecule has 0 radical (unpaired) electrons. The van der Waals surface area contributed by atoms with Gasteiger partial charge < -0.3 is 15.0 Å². The van der Waals surface area contributed by atoms with E-state index in [4.69, 9.17) is 4.74 Å². The molecular formula is C25H30N2O4. The van der Waals surface area contributed by atoms with Gasteiger partial charge in [-0.3, -0.25) is 14.4 Å². The molecule has 0 aliphatic carbocycles. The number of nitrogens with one attached hydrogen (secondary N) is 1. The number of rotatable bonds is 8. The predicted molar refractivity (Wildman–Crippen MR) is 121 cm³/mol. The van der Waals surface area contributed by atoms with Crippen molar-refractivity contribution in [3.63, 3.8) is 0 Å². The fourth-order valence-electron chi connectivity index (χ4n) is 3.75.